The topological polar surface area (TPSA) is 69.9 Å². The molecule has 0 aliphatic carbocycles. The number of hydrogen-bond acceptors (Lipinski definition) is 6. The summed E-state index contributed by atoms with van der Waals surface area (Å²) in [6.45, 7) is 3.68. The van der Waals surface area contributed by atoms with Crippen molar-refractivity contribution in [3.63, 3.8) is 0 Å². The minimum absolute atomic E-state index is 0.205. The third kappa shape index (κ3) is 4.54. The highest BCUT2D eigenvalue weighted by molar-refractivity contribution is 9.11. The second-order valence-corrected chi connectivity index (χ2v) is 10.5. The summed E-state index contributed by atoms with van der Waals surface area (Å²) in [6, 6.07) is 10.1. The molecule has 6 nitrogen and oxygen atoms in total. The number of methoxy groups -OCH3 is 1. The van der Waals surface area contributed by atoms with Gasteiger partial charge in [-0.25, -0.2) is 9.79 Å². The van der Waals surface area contributed by atoms with Gasteiger partial charge in [0.1, 0.15) is 11.8 Å². The molecule has 1 aliphatic heterocycles. The van der Waals surface area contributed by atoms with Gasteiger partial charge in [-0.05, 0) is 81.1 Å². The molecule has 3 aromatic rings. The summed E-state index contributed by atoms with van der Waals surface area (Å²) in [6.07, 6.45) is 1.78. The molecule has 1 atom stereocenters. The van der Waals surface area contributed by atoms with Crippen LogP contribution in [0, 0.1) is 0 Å². The van der Waals surface area contributed by atoms with Gasteiger partial charge < -0.3 is 9.47 Å². The number of esters is 1. The number of benzene rings is 2. The molecule has 10 heteroatoms. The highest BCUT2D eigenvalue weighted by Gasteiger charge is 2.34. The van der Waals surface area contributed by atoms with E-state index in [1.165, 1.54) is 15.9 Å². The Bertz CT molecular complexity index is 1490. The Kier molecular flexibility index (Phi) is 7.47. The van der Waals surface area contributed by atoms with Crippen molar-refractivity contribution in [2.24, 2.45) is 4.99 Å². The Labute approximate surface area is 221 Å². The number of carbonyl (C=O) groups is 1. The van der Waals surface area contributed by atoms with Crippen molar-refractivity contribution < 1.29 is 14.3 Å². The van der Waals surface area contributed by atoms with E-state index in [1.807, 2.05) is 18.2 Å². The van der Waals surface area contributed by atoms with Crippen LogP contribution in [0.5, 0.6) is 5.75 Å². The van der Waals surface area contributed by atoms with Gasteiger partial charge in [-0.15, -0.1) is 0 Å². The van der Waals surface area contributed by atoms with Gasteiger partial charge in [0.25, 0.3) is 5.56 Å². The first-order chi connectivity index (χ1) is 16.3. The molecule has 1 aliphatic rings. The van der Waals surface area contributed by atoms with E-state index in [2.05, 4.69) is 36.9 Å². The van der Waals surface area contributed by atoms with Crippen LogP contribution < -0.4 is 19.6 Å². The standard InChI is InChI=1S/C24H19Br2ClN2O4S/c1-4-33-23(31)19-12(2)28-24-29(20(19)14-7-5-6-8-17(14)27)22(30)18(34-24)11-13-9-15(25)21(32-3)16(26)10-13/h5-11,20H,4H2,1-3H3/b18-11-/t20-/m1/s1. The summed E-state index contributed by atoms with van der Waals surface area (Å²) in [5.74, 6) is 0.137. The number of ether oxygens (including phenoxy) is 2. The highest BCUT2D eigenvalue weighted by Crippen LogP contribution is 2.35. The smallest absolute Gasteiger partial charge is 0.338 e. The summed E-state index contributed by atoms with van der Waals surface area (Å²) in [7, 11) is 1.58. The highest BCUT2D eigenvalue weighted by atomic mass is 79.9. The quantitative estimate of drug-likeness (QED) is 0.375. The van der Waals surface area contributed by atoms with Crippen molar-refractivity contribution in [2.75, 3.05) is 13.7 Å². The molecule has 2 heterocycles. The first kappa shape index (κ1) is 24.9. The lowest BCUT2D eigenvalue weighted by Crippen LogP contribution is -2.40. The second kappa shape index (κ2) is 10.2. The predicted molar refractivity (Wildman–Crippen MR) is 140 cm³/mol. The van der Waals surface area contributed by atoms with Gasteiger partial charge in [0.15, 0.2) is 4.80 Å². The van der Waals surface area contributed by atoms with Crippen LogP contribution in [-0.4, -0.2) is 24.3 Å². The molecule has 0 saturated heterocycles. The van der Waals surface area contributed by atoms with Crippen molar-refractivity contribution in [1.82, 2.24) is 4.57 Å². The molecule has 176 valence electrons. The van der Waals surface area contributed by atoms with Gasteiger partial charge in [0.2, 0.25) is 0 Å². The summed E-state index contributed by atoms with van der Waals surface area (Å²) >= 11 is 14.8. The first-order valence-electron chi connectivity index (χ1n) is 10.2. The third-order valence-electron chi connectivity index (χ3n) is 5.24. The molecule has 0 amide bonds. The van der Waals surface area contributed by atoms with Crippen molar-refractivity contribution in [1.29, 1.82) is 0 Å². The number of carbonyl (C=O) groups excluding carboxylic acids is 1. The number of thiazole rings is 1. The third-order valence-corrected chi connectivity index (χ3v) is 7.74. The maximum absolute atomic E-state index is 13.7. The normalized spacial score (nSPS) is 15.7. The zero-order chi connectivity index (χ0) is 24.6. The van der Waals surface area contributed by atoms with Gasteiger partial charge in [-0.3, -0.25) is 9.36 Å². The Balaban J connectivity index is 1.97. The minimum Gasteiger partial charge on any atom is -0.494 e. The fraction of sp³-hybridized carbons (Fsp3) is 0.208. The lowest BCUT2D eigenvalue weighted by Gasteiger charge is -2.25. The predicted octanol–water partition coefficient (Wildman–Crippen LogP) is 4.99. The molecule has 34 heavy (non-hydrogen) atoms. The fourth-order valence-corrected chi connectivity index (χ4v) is 6.62. The van der Waals surface area contributed by atoms with E-state index in [4.69, 9.17) is 21.1 Å². The maximum atomic E-state index is 13.7. The van der Waals surface area contributed by atoms with E-state index in [0.29, 0.717) is 36.9 Å². The zero-order valence-corrected chi connectivity index (χ0v) is 23.1. The average molecular weight is 627 g/mol. The van der Waals surface area contributed by atoms with Gasteiger partial charge in [0, 0.05) is 5.02 Å². The van der Waals surface area contributed by atoms with Gasteiger partial charge in [-0.2, -0.15) is 0 Å². The number of aromatic nitrogens is 1. The molecule has 2 aromatic carbocycles. The van der Waals surface area contributed by atoms with Crippen LogP contribution in [0.3, 0.4) is 0 Å². The number of nitrogens with zero attached hydrogens (tertiary/aromatic N) is 2. The van der Waals surface area contributed by atoms with E-state index < -0.39 is 12.0 Å². The fourth-order valence-electron chi connectivity index (χ4n) is 3.79. The summed E-state index contributed by atoms with van der Waals surface area (Å²) < 4.78 is 14.2. The maximum Gasteiger partial charge on any atom is 0.338 e. The molecule has 0 unspecified atom stereocenters. The van der Waals surface area contributed by atoms with Crippen molar-refractivity contribution in [2.45, 2.75) is 19.9 Å². The van der Waals surface area contributed by atoms with Crippen LogP contribution in [0.4, 0.5) is 0 Å². The number of hydrogen-bond donors (Lipinski definition) is 0. The molecular weight excluding hydrogens is 608 g/mol. The first-order valence-corrected chi connectivity index (χ1v) is 13.0. The van der Waals surface area contributed by atoms with Crippen LogP contribution in [-0.2, 0) is 9.53 Å². The van der Waals surface area contributed by atoms with E-state index >= 15 is 0 Å². The van der Waals surface area contributed by atoms with Gasteiger partial charge >= 0.3 is 5.97 Å². The Morgan fingerprint density at radius 2 is 1.94 bits per heavy atom. The van der Waals surface area contributed by atoms with Crippen LogP contribution in [0.1, 0.15) is 31.0 Å². The molecular formula is C24H19Br2ClN2O4S. The van der Waals surface area contributed by atoms with E-state index in [1.54, 1.807) is 45.2 Å². The van der Waals surface area contributed by atoms with E-state index in [-0.39, 0.29) is 12.2 Å². The van der Waals surface area contributed by atoms with Crippen molar-refractivity contribution in [3.8, 4) is 5.75 Å². The molecule has 0 bridgehead atoms. The van der Waals surface area contributed by atoms with Crippen LogP contribution in [0.15, 0.2) is 66.4 Å². The largest absolute Gasteiger partial charge is 0.494 e. The Morgan fingerprint density at radius 3 is 2.56 bits per heavy atom. The molecule has 0 spiro atoms. The van der Waals surface area contributed by atoms with Gasteiger partial charge in [-0.1, -0.05) is 41.1 Å². The van der Waals surface area contributed by atoms with Crippen LogP contribution >= 0.6 is 54.8 Å². The molecule has 0 saturated carbocycles. The van der Waals surface area contributed by atoms with Gasteiger partial charge in [0.05, 0.1) is 38.5 Å². The second-order valence-electron chi connectivity index (χ2n) is 7.34. The lowest BCUT2D eigenvalue weighted by molar-refractivity contribution is -0.139. The molecule has 1 aromatic heterocycles. The number of rotatable bonds is 5. The summed E-state index contributed by atoms with van der Waals surface area (Å²) in [5.41, 5.74) is 1.94. The monoisotopic (exact) mass is 624 g/mol. The van der Waals surface area contributed by atoms with Crippen LogP contribution in [0.25, 0.3) is 6.08 Å². The van der Waals surface area contributed by atoms with E-state index in [0.717, 1.165) is 14.5 Å². The summed E-state index contributed by atoms with van der Waals surface area (Å²) in [5, 5.41) is 0.446. The van der Waals surface area contributed by atoms with Crippen molar-refractivity contribution >= 4 is 66.8 Å². The van der Waals surface area contributed by atoms with Crippen LogP contribution in [0.2, 0.25) is 5.02 Å². The Morgan fingerprint density at radius 1 is 1.26 bits per heavy atom. The number of fused-ring (bicyclic) bond motifs is 1. The Hall–Kier alpha value is -2.20. The van der Waals surface area contributed by atoms with Crippen molar-refractivity contribution in [3.05, 3.63) is 92.5 Å². The molecule has 0 fully saturated rings. The lowest BCUT2D eigenvalue weighted by atomic mass is 9.96. The number of halogens is 3. The molecule has 0 radical (unpaired) electrons. The molecule has 4 rings (SSSR count). The minimum atomic E-state index is -0.750. The number of allylic oxidation sites excluding steroid dienone is 1. The zero-order valence-electron chi connectivity index (χ0n) is 18.4. The van der Waals surface area contributed by atoms with E-state index in [9.17, 15) is 9.59 Å². The molecule has 0 N–H and O–H groups in total. The SMILES string of the molecule is CCOC(=O)C1=C(C)N=c2s/c(=C\c3cc(Br)c(OC)c(Br)c3)c(=O)n2[C@@H]1c1ccccc1Cl. The summed E-state index contributed by atoms with van der Waals surface area (Å²) in [4.78, 5) is 31.7. The average Bonchev–Trinajstić information content (AvgIpc) is 3.07.